The smallest absolute Gasteiger partial charge is 0.387 e. The van der Waals surface area contributed by atoms with E-state index in [0.717, 1.165) is 0 Å². The van der Waals surface area contributed by atoms with Crippen LogP contribution in [0.1, 0.15) is 18.6 Å². The lowest BCUT2D eigenvalue weighted by Gasteiger charge is -2.17. The van der Waals surface area contributed by atoms with Crippen molar-refractivity contribution in [1.29, 1.82) is 0 Å². The average molecular weight is 275 g/mol. The number of carbonyl (C=O) groups is 1. The predicted octanol–water partition coefficient (Wildman–Crippen LogP) is 1.21. The Labute approximate surface area is 108 Å². The van der Waals surface area contributed by atoms with Crippen molar-refractivity contribution in [3.05, 3.63) is 29.8 Å². The maximum absolute atomic E-state index is 11.9. The van der Waals surface area contributed by atoms with Gasteiger partial charge in [-0.25, -0.2) is 0 Å². The van der Waals surface area contributed by atoms with Gasteiger partial charge in [0.25, 0.3) is 0 Å². The Kier molecular flexibility index (Phi) is 5.65. The summed E-state index contributed by atoms with van der Waals surface area (Å²) in [5.41, 5.74) is 5.83. The molecule has 0 radical (unpaired) electrons. The van der Waals surface area contributed by atoms with E-state index >= 15 is 0 Å². The lowest BCUT2D eigenvalue weighted by molar-refractivity contribution is -0.147. The van der Waals surface area contributed by atoms with E-state index in [2.05, 4.69) is 9.47 Å². The van der Waals surface area contributed by atoms with Crippen LogP contribution in [0.2, 0.25) is 0 Å². The molecule has 0 fully saturated rings. The fraction of sp³-hybridized carbons (Fsp3) is 0.417. The number of hydrogen-bond acceptors (Lipinski definition) is 5. The molecule has 0 amide bonds. The Bertz CT molecular complexity index is 411. The van der Waals surface area contributed by atoms with Crippen LogP contribution in [0.3, 0.4) is 0 Å². The maximum atomic E-state index is 11.9. The summed E-state index contributed by atoms with van der Waals surface area (Å²) >= 11 is 0. The summed E-state index contributed by atoms with van der Waals surface area (Å²) in [5, 5.41) is 9.84. The second-order valence-electron chi connectivity index (χ2n) is 3.67. The zero-order valence-corrected chi connectivity index (χ0v) is 10.3. The third-order valence-corrected chi connectivity index (χ3v) is 2.35. The minimum atomic E-state index is -2.92. The van der Waals surface area contributed by atoms with Crippen LogP contribution in [-0.2, 0) is 9.53 Å². The molecule has 0 aliphatic rings. The first kappa shape index (κ1) is 15.3. The van der Waals surface area contributed by atoms with Crippen LogP contribution in [0, 0.1) is 0 Å². The van der Waals surface area contributed by atoms with Crippen LogP contribution in [0.15, 0.2) is 24.3 Å². The molecule has 0 aliphatic heterocycles. The van der Waals surface area contributed by atoms with Crippen molar-refractivity contribution in [2.24, 2.45) is 5.73 Å². The molecular weight excluding hydrogens is 260 g/mol. The molecule has 0 heterocycles. The standard InChI is InChI=1S/C12H15F2NO4/c1-2-18-11(17)9(15)10(16)7-3-5-8(6-4-7)19-12(13)14/h3-6,9-10,12,16H,2,15H2,1H3/t9-,10+/m1/s1. The summed E-state index contributed by atoms with van der Waals surface area (Å²) in [5.74, 6) is -0.779. The highest BCUT2D eigenvalue weighted by atomic mass is 19.3. The Morgan fingerprint density at radius 2 is 1.95 bits per heavy atom. The largest absolute Gasteiger partial charge is 0.465 e. The normalized spacial score (nSPS) is 14.0. The molecule has 106 valence electrons. The van der Waals surface area contributed by atoms with Gasteiger partial charge in [-0.2, -0.15) is 8.78 Å². The molecular formula is C12H15F2NO4. The van der Waals surface area contributed by atoms with Crippen LogP contribution in [-0.4, -0.2) is 30.3 Å². The van der Waals surface area contributed by atoms with Crippen LogP contribution in [0.5, 0.6) is 5.75 Å². The second-order valence-corrected chi connectivity index (χ2v) is 3.67. The van der Waals surface area contributed by atoms with E-state index < -0.39 is 24.7 Å². The van der Waals surface area contributed by atoms with Crippen molar-refractivity contribution in [3.8, 4) is 5.75 Å². The first-order valence-electron chi connectivity index (χ1n) is 5.60. The molecule has 3 N–H and O–H groups in total. The third-order valence-electron chi connectivity index (χ3n) is 2.35. The van der Waals surface area contributed by atoms with Crippen LogP contribution >= 0.6 is 0 Å². The highest BCUT2D eigenvalue weighted by molar-refractivity contribution is 5.76. The molecule has 1 aromatic carbocycles. The number of benzene rings is 1. The highest BCUT2D eigenvalue weighted by Crippen LogP contribution is 2.21. The van der Waals surface area contributed by atoms with Crippen LogP contribution in [0.25, 0.3) is 0 Å². The van der Waals surface area contributed by atoms with E-state index in [1.807, 2.05) is 0 Å². The number of carbonyl (C=O) groups excluding carboxylic acids is 1. The molecule has 0 saturated carbocycles. The zero-order chi connectivity index (χ0) is 14.4. The average Bonchev–Trinajstić information content (AvgIpc) is 2.37. The summed E-state index contributed by atoms with van der Waals surface area (Å²) < 4.78 is 32.7. The minimum Gasteiger partial charge on any atom is -0.465 e. The molecule has 0 unspecified atom stereocenters. The van der Waals surface area contributed by atoms with E-state index in [1.165, 1.54) is 24.3 Å². The predicted molar refractivity (Wildman–Crippen MR) is 62.6 cm³/mol. The van der Waals surface area contributed by atoms with E-state index in [1.54, 1.807) is 6.92 Å². The molecule has 19 heavy (non-hydrogen) atoms. The number of ether oxygens (including phenoxy) is 2. The Morgan fingerprint density at radius 3 is 2.42 bits per heavy atom. The van der Waals surface area contributed by atoms with Gasteiger partial charge in [-0.1, -0.05) is 12.1 Å². The van der Waals surface area contributed by atoms with Gasteiger partial charge in [0.1, 0.15) is 17.9 Å². The van der Waals surface area contributed by atoms with Gasteiger partial charge in [-0.3, -0.25) is 4.79 Å². The number of aliphatic hydroxyl groups is 1. The second kappa shape index (κ2) is 7.01. The van der Waals surface area contributed by atoms with Crippen molar-refractivity contribution in [3.63, 3.8) is 0 Å². The van der Waals surface area contributed by atoms with Gasteiger partial charge in [0.2, 0.25) is 0 Å². The number of hydrogen-bond donors (Lipinski definition) is 2. The van der Waals surface area contributed by atoms with E-state index in [4.69, 9.17) is 5.73 Å². The maximum Gasteiger partial charge on any atom is 0.387 e. The van der Waals surface area contributed by atoms with Crippen LogP contribution in [0.4, 0.5) is 8.78 Å². The van der Waals surface area contributed by atoms with Crippen molar-refractivity contribution in [2.75, 3.05) is 6.61 Å². The number of rotatable bonds is 6. The molecule has 1 rings (SSSR count). The Morgan fingerprint density at radius 1 is 1.37 bits per heavy atom. The fourth-order valence-electron chi connectivity index (χ4n) is 1.42. The lowest BCUT2D eigenvalue weighted by atomic mass is 10.0. The molecule has 1 aromatic rings. The molecule has 0 aromatic heterocycles. The van der Waals surface area contributed by atoms with Crippen molar-refractivity contribution in [2.45, 2.75) is 25.7 Å². The van der Waals surface area contributed by atoms with Crippen molar-refractivity contribution < 1.29 is 28.2 Å². The topological polar surface area (TPSA) is 81.8 Å². The number of aliphatic hydroxyl groups excluding tert-OH is 1. The van der Waals surface area contributed by atoms with E-state index in [-0.39, 0.29) is 12.4 Å². The summed E-state index contributed by atoms with van der Waals surface area (Å²) in [6.45, 7) is -1.15. The lowest BCUT2D eigenvalue weighted by Crippen LogP contribution is -2.38. The molecule has 2 atom stereocenters. The van der Waals surface area contributed by atoms with Gasteiger partial charge in [0.15, 0.2) is 0 Å². The van der Waals surface area contributed by atoms with Crippen molar-refractivity contribution >= 4 is 5.97 Å². The molecule has 7 heteroatoms. The Balaban J connectivity index is 2.71. The van der Waals surface area contributed by atoms with Gasteiger partial charge in [-0.05, 0) is 24.6 Å². The Hall–Kier alpha value is -1.73. The molecule has 5 nitrogen and oxygen atoms in total. The minimum absolute atomic E-state index is 0.0457. The van der Waals surface area contributed by atoms with Gasteiger partial charge in [-0.15, -0.1) is 0 Å². The zero-order valence-electron chi connectivity index (χ0n) is 10.3. The summed E-state index contributed by atoms with van der Waals surface area (Å²) in [6, 6.07) is 3.97. The van der Waals surface area contributed by atoms with Crippen LogP contribution < -0.4 is 10.5 Å². The summed E-state index contributed by atoms with van der Waals surface area (Å²) in [6.07, 6.45) is -1.28. The SMILES string of the molecule is CCOC(=O)[C@H](N)[C@@H](O)c1ccc(OC(F)F)cc1. The number of alkyl halides is 2. The number of esters is 1. The van der Waals surface area contributed by atoms with Crippen molar-refractivity contribution in [1.82, 2.24) is 0 Å². The molecule has 0 saturated heterocycles. The van der Waals surface area contributed by atoms with Gasteiger partial charge in [0.05, 0.1) is 6.61 Å². The van der Waals surface area contributed by atoms with E-state index in [9.17, 15) is 18.7 Å². The monoisotopic (exact) mass is 275 g/mol. The first-order chi connectivity index (χ1) is 8.95. The van der Waals surface area contributed by atoms with E-state index in [0.29, 0.717) is 5.56 Å². The molecule has 0 aliphatic carbocycles. The number of halogens is 2. The first-order valence-corrected chi connectivity index (χ1v) is 5.60. The quantitative estimate of drug-likeness (QED) is 0.763. The molecule has 0 spiro atoms. The number of nitrogens with two attached hydrogens (primary N) is 1. The van der Waals surface area contributed by atoms with Gasteiger partial charge >= 0.3 is 12.6 Å². The third kappa shape index (κ3) is 4.46. The summed E-state index contributed by atoms with van der Waals surface area (Å²) in [4.78, 5) is 11.3. The highest BCUT2D eigenvalue weighted by Gasteiger charge is 2.25. The molecule has 0 bridgehead atoms. The fourth-order valence-corrected chi connectivity index (χ4v) is 1.42. The van der Waals surface area contributed by atoms with Gasteiger partial charge < -0.3 is 20.3 Å². The summed E-state index contributed by atoms with van der Waals surface area (Å²) in [7, 11) is 0. The van der Waals surface area contributed by atoms with Gasteiger partial charge in [0, 0.05) is 0 Å².